The summed E-state index contributed by atoms with van der Waals surface area (Å²) in [5, 5.41) is 16.9. The van der Waals surface area contributed by atoms with E-state index in [1.807, 2.05) is 31.2 Å². The van der Waals surface area contributed by atoms with E-state index in [0.29, 0.717) is 22.2 Å². The number of aromatic nitrogens is 2. The maximum absolute atomic E-state index is 12.4. The number of carbonyl (C=O) groups excluding carboxylic acids is 2. The maximum Gasteiger partial charge on any atom is 0.319 e. The Hall–Kier alpha value is -3.66. The summed E-state index contributed by atoms with van der Waals surface area (Å²) < 4.78 is 10.5. The predicted octanol–water partition coefficient (Wildman–Crippen LogP) is 3.40. The molecular weight excluding hydrogens is 406 g/mol. The molecule has 3 aromatic rings. The van der Waals surface area contributed by atoms with Crippen molar-refractivity contribution in [3.8, 4) is 11.5 Å². The largest absolute Gasteiger partial charge is 0.454 e. The molecule has 0 bridgehead atoms. The number of amides is 3. The highest BCUT2D eigenvalue weighted by Gasteiger charge is 2.17. The van der Waals surface area contributed by atoms with Crippen LogP contribution in [0.4, 0.5) is 16.2 Å². The van der Waals surface area contributed by atoms with Crippen molar-refractivity contribution in [3.05, 3.63) is 58.0 Å². The zero-order valence-corrected chi connectivity index (χ0v) is 16.9. The molecule has 0 atom stereocenters. The topological polar surface area (TPSA) is 114 Å². The van der Waals surface area contributed by atoms with Gasteiger partial charge in [0.25, 0.3) is 5.91 Å². The third-order valence-corrected chi connectivity index (χ3v) is 5.26. The number of nitrogens with zero attached hydrogens (tertiary/aromatic N) is 2. The highest BCUT2D eigenvalue weighted by Crippen LogP contribution is 2.34. The fraction of sp³-hybridized carbons (Fsp3) is 0.200. The lowest BCUT2D eigenvalue weighted by molar-refractivity contribution is 0.102. The first-order valence-electron chi connectivity index (χ1n) is 9.28. The number of ether oxygens (including phenoxy) is 2. The second-order valence-corrected chi connectivity index (χ2v) is 7.40. The molecule has 1 aromatic heterocycles. The Labute approximate surface area is 176 Å². The molecule has 0 saturated heterocycles. The number of benzene rings is 2. The number of nitrogens with one attached hydrogen (secondary N) is 3. The fourth-order valence-electron chi connectivity index (χ4n) is 2.85. The van der Waals surface area contributed by atoms with E-state index in [1.165, 1.54) is 0 Å². The number of hydrogen-bond acceptors (Lipinski definition) is 7. The van der Waals surface area contributed by atoms with E-state index in [0.717, 1.165) is 29.0 Å². The van der Waals surface area contributed by atoms with Crippen LogP contribution >= 0.6 is 11.3 Å². The minimum absolute atomic E-state index is 0.162. The summed E-state index contributed by atoms with van der Waals surface area (Å²) in [5.41, 5.74) is 2.37. The molecule has 2 heterocycles. The van der Waals surface area contributed by atoms with E-state index in [2.05, 4.69) is 26.1 Å². The van der Waals surface area contributed by atoms with Crippen LogP contribution in [-0.2, 0) is 13.0 Å². The van der Waals surface area contributed by atoms with E-state index >= 15 is 0 Å². The van der Waals surface area contributed by atoms with Gasteiger partial charge in [0.1, 0.15) is 5.01 Å². The molecule has 154 valence electrons. The second-order valence-electron chi connectivity index (χ2n) is 6.34. The first-order chi connectivity index (χ1) is 14.6. The molecule has 0 spiro atoms. The first kappa shape index (κ1) is 19.6. The van der Waals surface area contributed by atoms with E-state index in [9.17, 15) is 9.59 Å². The molecule has 1 aliphatic heterocycles. The van der Waals surface area contributed by atoms with Crippen molar-refractivity contribution in [3.63, 3.8) is 0 Å². The van der Waals surface area contributed by atoms with Gasteiger partial charge in [-0.05, 0) is 30.2 Å². The number of fused-ring (bicyclic) bond motifs is 1. The maximum atomic E-state index is 12.4. The summed E-state index contributed by atoms with van der Waals surface area (Å²) in [6, 6.07) is 12.4. The molecule has 9 nitrogen and oxygen atoms in total. The van der Waals surface area contributed by atoms with Gasteiger partial charge in [-0.15, -0.1) is 10.2 Å². The summed E-state index contributed by atoms with van der Waals surface area (Å²) in [5.74, 6) is 0.821. The van der Waals surface area contributed by atoms with Crippen molar-refractivity contribution in [1.29, 1.82) is 0 Å². The number of urea groups is 1. The monoisotopic (exact) mass is 425 g/mol. The Bertz CT molecular complexity index is 1080. The Balaban J connectivity index is 1.31. The minimum atomic E-state index is -0.390. The minimum Gasteiger partial charge on any atom is -0.454 e. The summed E-state index contributed by atoms with van der Waals surface area (Å²) in [4.78, 5) is 24.6. The molecule has 3 N–H and O–H groups in total. The fourth-order valence-corrected chi connectivity index (χ4v) is 3.52. The summed E-state index contributed by atoms with van der Waals surface area (Å²) in [6.07, 6.45) is 0.814. The average molecular weight is 425 g/mol. The van der Waals surface area contributed by atoms with Gasteiger partial charge in [-0.3, -0.25) is 4.79 Å². The molecule has 0 fully saturated rings. The lowest BCUT2D eigenvalue weighted by Gasteiger charge is -2.09. The summed E-state index contributed by atoms with van der Waals surface area (Å²) >= 11 is 1.11. The van der Waals surface area contributed by atoms with Gasteiger partial charge in [0.2, 0.25) is 11.8 Å². The lowest BCUT2D eigenvalue weighted by atomic mass is 10.1. The third kappa shape index (κ3) is 4.49. The Kier molecular flexibility index (Phi) is 5.75. The van der Waals surface area contributed by atoms with Crippen molar-refractivity contribution in [2.24, 2.45) is 0 Å². The van der Waals surface area contributed by atoms with Crippen LogP contribution in [0.15, 0.2) is 42.5 Å². The first-order valence-corrected chi connectivity index (χ1v) is 10.1. The van der Waals surface area contributed by atoms with Crippen LogP contribution in [0, 0.1) is 0 Å². The van der Waals surface area contributed by atoms with Crippen LogP contribution in [0.3, 0.4) is 0 Å². The number of para-hydroxylation sites is 1. The molecule has 0 aliphatic carbocycles. The molecule has 30 heavy (non-hydrogen) atoms. The Morgan fingerprint density at radius 3 is 2.77 bits per heavy atom. The van der Waals surface area contributed by atoms with Crippen molar-refractivity contribution in [2.45, 2.75) is 19.9 Å². The zero-order valence-electron chi connectivity index (χ0n) is 16.1. The van der Waals surface area contributed by atoms with Crippen LogP contribution in [0.2, 0.25) is 0 Å². The van der Waals surface area contributed by atoms with Gasteiger partial charge < -0.3 is 25.4 Å². The van der Waals surface area contributed by atoms with Gasteiger partial charge in [0, 0.05) is 17.4 Å². The van der Waals surface area contributed by atoms with Gasteiger partial charge in [0.05, 0.1) is 6.54 Å². The SMILES string of the molecule is CCc1ccccc1NC(=O)NCc1nnc(C(=O)Nc2ccc3c(c2)OCO3)s1. The van der Waals surface area contributed by atoms with Gasteiger partial charge >= 0.3 is 6.03 Å². The molecule has 10 heteroatoms. The average Bonchev–Trinajstić information content (AvgIpc) is 3.42. The number of aryl methyl sites for hydroxylation is 1. The molecule has 2 aromatic carbocycles. The second kappa shape index (κ2) is 8.78. The smallest absolute Gasteiger partial charge is 0.319 e. The Morgan fingerprint density at radius 2 is 1.90 bits per heavy atom. The van der Waals surface area contributed by atoms with E-state index in [1.54, 1.807) is 18.2 Å². The quantitative estimate of drug-likeness (QED) is 0.558. The van der Waals surface area contributed by atoms with E-state index in [4.69, 9.17) is 9.47 Å². The zero-order chi connectivity index (χ0) is 20.9. The molecule has 0 saturated carbocycles. The highest BCUT2D eigenvalue weighted by molar-refractivity contribution is 7.13. The normalized spacial score (nSPS) is 11.8. The Morgan fingerprint density at radius 1 is 1.07 bits per heavy atom. The summed E-state index contributed by atoms with van der Waals surface area (Å²) in [6.45, 7) is 2.35. The lowest BCUT2D eigenvalue weighted by Crippen LogP contribution is -2.28. The highest BCUT2D eigenvalue weighted by atomic mass is 32.1. The van der Waals surface area contributed by atoms with Crippen molar-refractivity contribution >= 4 is 34.6 Å². The standard InChI is InChI=1S/C20H19N5O4S/c1-2-12-5-3-4-6-14(12)23-20(27)21-10-17-24-25-19(30-17)18(26)22-13-7-8-15-16(9-13)29-11-28-15/h3-9H,2,10-11H2,1H3,(H,22,26)(H2,21,23,27). The van der Waals surface area contributed by atoms with Crippen molar-refractivity contribution in [2.75, 3.05) is 17.4 Å². The van der Waals surface area contributed by atoms with Crippen LogP contribution in [0.1, 0.15) is 27.3 Å². The third-order valence-electron chi connectivity index (χ3n) is 4.34. The van der Waals surface area contributed by atoms with Crippen LogP contribution in [0.25, 0.3) is 0 Å². The van der Waals surface area contributed by atoms with Crippen LogP contribution in [-0.4, -0.2) is 28.9 Å². The molecular formula is C20H19N5O4S. The van der Waals surface area contributed by atoms with E-state index < -0.39 is 0 Å². The van der Waals surface area contributed by atoms with Crippen molar-refractivity contribution in [1.82, 2.24) is 15.5 Å². The molecule has 1 aliphatic rings. The van der Waals surface area contributed by atoms with Gasteiger partial charge in [0.15, 0.2) is 11.5 Å². The van der Waals surface area contributed by atoms with Crippen molar-refractivity contribution < 1.29 is 19.1 Å². The van der Waals surface area contributed by atoms with E-state index in [-0.39, 0.29) is 30.3 Å². The van der Waals surface area contributed by atoms with Gasteiger partial charge in [-0.25, -0.2) is 4.79 Å². The number of hydrogen-bond donors (Lipinski definition) is 3. The predicted molar refractivity (Wildman–Crippen MR) is 112 cm³/mol. The molecule has 3 amide bonds. The van der Waals surface area contributed by atoms with Gasteiger partial charge in [-0.1, -0.05) is 36.5 Å². The van der Waals surface area contributed by atoms with Gasteiger partial charge in [-0.2, -0.15) is 0 Å². The van der Waals surface area contributed by atoms with Crippen LogP contribution in [0.5, 0.6) is 11.5 Å². The number of carbonyl (C=O) groups is 2. The van der Waals surface area contributed by atoms with Crippen LogP contribution < -0.4 is 25.4 Å². The summed E-state index contributed by atoms with van der Waals surface area (Å²) in [7, 11) is 0. The number of anilines is 2. The molecule has 0 unspecified atom stereocenters. The molecule has 0 radical (unpaired) electrons. The molecule has 4 rings (SSSR count). The number of rotatable bonds is 6.